The molecule has 0 radical (unpaired) electrons. The molecule has 1 atom stereocenters. The fourth-order valence-corrected chi connectivity index (χ4v) is 5.36. The molecule has 0 aliphatic heterocycles. The molecular weight excluding hydrogens is 480 g/mol. The fraction of sp³-hybridized carbons (Fsp3) is 0.943. The van der Waals surface area contributed by atoms with Gasteiger partial charge in [0.2, 0.25) is 11.8 Å². The van der Waals surface area contributed by atoms with Crippen molar-refractivity contribution in [1.82, 2.24) is 10.6 Å². The van der Waals surface area contributed by atoms with E-state index >= 15 is 0 Å². The van der Waals surface area contributed by atoms with Crippen molar-refractivity contribution < 1.29 is 9.59 Å². The summed E-state index contributed by atoms with van der Waals surface area (Å²) in [5.74, 6) is 0.242. The Kier molecular flexibility index (Phi) is 30.6. The molecular formula is C35H70N2O2. The van der Waals surface area contributed by atoms with E-state index in [-0.39, 0.29) is 17.9 Å². The molecule has 0 saturated heterocycles. The smallest absolute Gasteiger partial charge is 0.220 e. The van der Waals surface area contributed by atoms with Gasteiger partial charge in [0.05, 0.1) is 0 Å². The van der Waals surface area contributed by atoms with E-state index in [4.69, 9.17) is 0 Å². The molecule has 0 saturated carbocycles. The van der Waals surface area contributed by atoms with Crippen LogP contribution in [0.1, 0.15) is 201 Å². The molecule has 0 fully saturated rings. The second-order valence-electron chi connectivity index (χ2n) is 12.3. The van der Waals surface area contributed by atoms with Gasteiger partial charge in [-0.15, -0.1) is 0 Å². The van der Waals surface area contributed by atoms with Crippen molar-refractivity contribution in [1.29, 1.82) is 0 Å². The topological polar surface area (TPSA) is 58.2 Å². The Morgan fingerprint density at radius 1 is 0.436 bits per heavy atom. The van der Waals surface area contributed by atoms with Gasteiger partial charge in [0.25, 0.3) is 0 Å². The molecule has 0 rings (SSSR count). The normalized spacial score (nSPS) is 12.0. The summed E-state index contributed by atoms with van der Waals surface area (Å²) >= 11 is 0. The summed E-state index contributed by atoms with van der Waals surface area (Å²) < 4.78 is 0. The lowest BCUT2D eigenvalue weighted by atomic mass is 10.0. The standard InChI is InChI=1S/C35H70N2O2/c1-4-6-8-10-12-14-16-17-18-19-21-22-24-26-28-30-34(38)36-32-33(3)37-35(39)31-29-27-25-23-20-15-13-11-9-7-5-2/h33H,4-32H2,1-3H3,(H,36,38)(H,37,39)/t33-/m1/s1. The maximum Gasteiger partial charge on any atom is 0.220 e. The van der Waals surface area contributed by atoms with Crippen LogP contribution in [-0.2, 0) is 9.59 Å². The Morgan fingerprint density at radius 2 is 0.718 bits per heavy atom. The van der Waals surface area contributed by atoms with Gasteiger partial charge in [-0.2, -0.15) is 0 Å². The number of hydrogen-bond donors (Lipinski definition) is 2. The molecule has 0 heterocycles. The summed E-state index contributed by atoms with van der Waals surface area (Å²) in [6, 6.07) is -0.00443. The van der Waals surface area contributed by atoms with E-state index in [1.807, 2.05) is 6.92 Å². The lowest BCUT2D eigenvalue weighted by molar-refractivity contribution is -0.123. The van der Waals surface area contributed by atoms with Crippen LogP contribution in [0.5, 0.6) is 0 Å². The maximum atomic E-state index is 12.2. The van der Waals surface area contributed by atoms with Crippen molar-refractivity contribution >= 4 is 11.8 Å². The summed E-state index contributed by atoms with van der Waals surface area (Å²) in [6.45, 7) is 7.05. The van der Waals surface area contributed by atoms with E-state index in [1.165, 1.54) is 141 Å². The predicted molar refractivity (Wildman–Crippen MR) is 171 cm³/mol. The van der Waals surface area contributed by atoms with Crippen molar-refractivity contribution in [3.63, 3.8) is 0 Å². The molecule has 0 aromatic heterocycles. The Labute approximate surface area is 245 Å². The number of nitrogens with one attached hydrogen (secondary N) is 2. The van der Waals surface area contributed by atoms with Gasteiger partial charge in [0, 0.05) is 25.4 Å². The Hall–Kier alpha value is -1.06. The number of carbonyl (C=O) groups is 2. The molecule has 2 N–H and O–H groups in total. The zero-order valence-corrected chi connectivity index (χ0v) is 26.9. The molecule has 0 aliphatic rings. The molecule has 0 unspecified atom stereocenters. The van der Waals surface area contributed by atoms with E-state index in [1.54, 1.807) is 0 Å². The van der Waals surface area contributed by atoms with Crippen LogP contribution in [0.15, 0.2) is 0 Å². The lowest BCUT2D eigenvalue weighted by Gasteiger charge is -2.15. The summed E-state index contributed by atoms with van der Waals surface area (Å²) in [6.07, 6.45) is 35.5. The molecule has 4 nitrogen and oxygen atoms in total. The van der Waals surface area contributed by atoms with E-state index in [0.717, 1.165) is 25.7 Å². The maximum absolute atomic E-state index is 12.2. The number of hydrogen-bond acceptors (Lipinski definition) is 2. The molecule has 0 aromatic carbocycles. The van der Waals surface area contributed by atoms with Crippen molar-refractivity contribution in [2.24, 2.45) is 0 Å². The fourth-order valence-electron chi connectivity index (χ4n) is 5.36. The summed E-state index contributed by atoms with van der Waals surface area (Å²) in [4.78, 5) is 24.3. The van der Waals surface area contributed by atoms with E-state index < -0.39 is 0 Å². The average molecular weight is 551 g/mol. The van der Waals surface area contributed by atoms with Gasteiger partial charge in [-0.25, -0.2) is 0 Å². The zero-order chi connectivity index (χ0) is 28.7. The number of amides is 2. The Bertz CT molecular complexity index is 523. The minimum Gasteiger partial charge on any atom is -0.354 e. The minimum atomic E-state index is -0.00443. The second-order valence-corrected chi connectivity index (χ2v) is 12.3. The van der Waals surface area contributed by atoms with E-state index in [9.17, 15) is 9.59 Å². The molecule has 0 spiro atoms. The van der Waals surface area contributed by atoms with Crippen molar-refractivity contribution in [2.45, 2.75) is 207 Å². The first-order valence-electron chi connectivity index (χ1n) is 17.7. The van der Waals surface area contributed by atoms with Gasteiger partial charge >= 0.3 is 0 Å². The third-order valence-electron chi connectivity index (χ3n) is 8.03. The van der Waals surface area contributed by atoms with Crippen molar-refractivity contribution in [3.05, 3.63) is 0 Å². The number of carbonyl (C=O) groups excluding carboxylic acids is 2. The van der Waals surface area contributed by atoms with Crippen LogP contribution in [-0.4, -0.2) is 24.4 Å². The van der Waals surface area contributed by atoms with Crippen LogP contribution < -0.4 is 10.6 Å². The second kappa shape index (κ2) is 31.5. The molecule has 2 amide bonds. The van der Waals surface area contributed by atoms with Crippen molar-refractivity contribution in [2.75, 3.05) is 6.54 Å². The highest BCUT2D eigenvalue weighted by atomic mass is 16.2. The molecule has 4 heteroatoms. The third kappa shape index (κ3) is 31.3. The van der Waals surface area contributed by atoms with Crippen LogP contribution in [0.4, 0.5) is 0 Å². The minimum absolute atomic E-state index is 0.00443. The average Bonchev–Trinajstić information content (AvgIpc) is 2.92. The largest absolute Gasteiger partial charge is 0.354 e. The van der Waals surface area contributed by atoms with Crippen LogP contribution in [0.2, 0.25) is 0 Å². The van der Waals surface area contributed by atoms with E-state index in [0.29, 0.717) is 19.4 Å². The van der Waals surface area contributed by atoms with Crippen LogP contribution in [0, 0.1) is 0 Å². The highest BCUT2D eigenvalue weighted by Gasteiger charge is 2.09. The van der Waals surface area contributed by atoms with Gasteiger partial charge in [-0.05, 0) is 19.8 Å². The first-order chi connectivity index (χ1) is 19.1. The van der Waals surface area contributed by atoms with Gasteiger partial charge in [-0.3, -0.25) is 9.59 Å². The van der Waals surface area contributed by atoms with Gasteiger partial charge < -0.3 is 10.6 Å². The van der Waals surface area contributed by atoms with Gasteiger partial charge in [0.1, 0.15) is 0 Å². The highest BCUT2D eigenvalue weighted by Crippen LogP contribution is 2.14. The molecule has 0 bridgehead atoms. The molecule has 0 aliphatic carbocycles. The molecule has 232 valence electrons. The monoisotopic (exact) mass is 551 g/mol. The first kappa shape index (κ1) is 37.9. The van der Waals surface area contributed by atoms with E-state index in [2.05, 4.69) is 24.5 Å². The lowest BCUT2D eigenvalue weighted by Crippen LogP contribution is -2.41. The van der Waals surface area contributed by atoms with Crippen LogP contribution >= 0.6 is 0 Å². The predicted octanol–water partition coefficient (Wildman–Crippen LogP) is 10.6. The van der Waals surface area contributed by atoms with Crippen molar-refractivity contribution in [3.8, 4) is 0 Å². The van der Waals surface area contributed by atoms with Gasteiger partial charge in [0.15, 0.2) is 0 Å². The Morgan fingerprint density at radius 3 is 1.05 bits per heavy atom. The summed E-state index contributed by atoms with van der Waals surface area (Å²) in [5, 5.41) is 6.03. The quantitative estimate of drug-likeness (QED) is 0.0843. The number of unbranched alkanes of at least 4 members (excludes halogenated alkanes) is 24. The highest BCUT2D eigenvalue weighted by molar-refractivity contribution is 5.77. The Balaban J connectivity index is 3.40. The van der Waals surface area contributed by atoms with Crippen LogP contribution in [0.3, 0.4) is 0 Å². The van der Waals surface area contributed by atoms with Crippen LogP contribution in [0.25, 0.3) is 0 Å². The molecule has 39 heavy (non-hydrogen) atoms. The summed E-state index contributed by atoms with van der Waals surface area (Å²) in [7, 11) is 0. The first-order valence-corrected chi connectivity index (χ1v) is 17.7. The number of rotatable bonds is 31. The SMILES string of the molecule is CCCCCCCCCCCCCCCCCC(=O)NC[C@@H](C)NC(=O)CCCCCCCCCCCCC. The third-order valence-corrected chi connectivity index (χ3v) is 8.03. The zero-order valence-electron chi connectivity index (χ0n) is 26.9. The summed E-state index contributed by atoms with van der Waals surface area (Å²) in [5.41, 5.74) is 0. The molecule has 0 aromatic rings. The van der Waals surface area contributed by atoms with Gasteiger partial charge in [-0.1, -0.05) is 168 Å².